The van der Waals surface area contributed by atoms with E-state index < -0.39 is 23.1 Å². The molecule has 1 aromatic rings. The zero-order chi connectivity index (χ0) is 17.4. The molecule has 1 heterocycles. The van der Waals surface area contributed by atoms with E-state index in [4.69, 9.17) is 4.74 Å². The van der Waals surface area contributed by atoms with Crippen molar-refractivity contribution in [1.29, 1.82) is 0 Å². The van der Waals surface area contributed by atoms with Crippen LogP contribution in [0.2, 0.25) is 0 Å². The van der Waals surface area contributed by atoms with Gasteiger partial charge in [0, 0.05) is 18.7 Å². The average molecular weight is 340 g/mol. The Morgan fingerprint density at radius 3 is 2.33 bits per heavy atom. The average Bonchev–Trinajstić information content (AvgIpc) is 2.82. The van der Waals surface area contributed by atoms with Crippen LogP contribution in [0, 0.1) is 11.6 Å². The van der Waals surface area contributed by atoms with E-state index in [0.717, 1.165) is 44.6 Å². The van der Waals surface area contributed by atoms with Gasteiger partial charge in [0.1, 0.15) is 22.9 Å². The Kier molecular flexibility index (Phi) is 7.43. The summed E-state index contributed by atoms with van der Waals surface area (Å²) in [5.74, 6) is -2.48. The second kappa shape index (κ2) is 9.57. The van der Waals surface area contributed by atoms with Crippen molar-refractivity contribution in [1.82, 2.24) is 10.2 Å². The number of carbonyl (C=O) groups excluding carboxylic acids is 1. The van der Waals surface area contributed by atoms with Crippen molar-refractivity contribution in [2.75, 3.05) is 33.3 Å². The largest absolute Gasteiger partial charge is 0.497 e. The minimum absolute atomic E-state index is 0.0546. The van der Waals surface area contributed by atoms with Crippen molar-refractivity contribution >= 4 is 5.91 Å². The van der Waals surface area contributed by atoms with Gasteiger partial charge in [-0.3, -0.25) is 4.79 Å². The zero-order valence-electron chi connectivity index (χ0n) is 14.2. The smallest absolute Gasteiger partial charge is 0.257 e. The van der Waals surface area contributed by atoms with Gasteiger partial charge >= 0.3 is 0 Å². The number of benzene rings is 1. The highest BCUT2D eigenvalue weighted by molar-refractivity contribution is 5.94. The Labute approximate surface area is 142 Å². The van der Waals surface area contributed by atoms with Gasteiger partial charge in [0.25, 0.3) is 5.91 Å². The number of amides is 1. The molecular weight excluding hydrogens is 314 g/mol. The van der Waals surface area contributed by atoms with E-state index in [0.29, 0.717) is 6.54 Å². The van der Waals surface area contributed by atoms with Gasteiger partial charge < -0.3 is 15.0 Å². The highest BCUT2D eigenvalue weighted by Gasteiger charge is 2.18. The van der Waals surface area contributed by atoms with Gasteiger partial charge in [0.05, 0.1) is 7.11 Å². The first-order chi connectivity index (χ1) is 11.6. The van der Waals surface area contributed by atoms with E-state index in [2.05, 4.69) is 10.2 Å². The number of methoxy groups -OCH3 is 1. The van der Waals surface area contributed by atoms with Crippen LogP contribution in [0.4, 0.5) is 8.78 Å². The summed E-state index contributed by atoms with van der Waals surface area (Å²) in [4.78, 5) is 14.4. The second-order valence-corrected chi connectivity index (χ2v) is 6.18. The lowest BCUT2D eigenvalue weighted by molar-refractivity contribution is 0.0944. The number of carbonyl (C=O) groups is 1. The summed E-state index contributed by atoms with van der Waals surface area (Å²) in [5, 5.41) is 2.59. The van der Waals surface area contributed by atoms with Crippen molar-refractivity contribution in [3.63, 3.8) is 0 Å². The van der Waals surface area contributed by atoms with E-state index in [1.807, 2.05) is 0 Å². The van der Waals surface area contributed by atoms with Crippen LogP contribution in [0.1, 0.15) is 48.9 Å². The van der Waals surface area contributed by atoms with Gasteiger partial charge in [-0.1, -0.05) is 12.8 Å². The number of nitrogens with one attached hydrogen (secondary N) is 1. The monoisotopic (exact) mass is 340 g/mol. The first-order valence-electron chi connectivity index (χ1n) is 8.65. The first kappa shape index (κ1) is 18.6. The molecule has 4 nitrogen and oxygen atoms in total. The molecule has 0 atom stereocenters. The van der Waals surface area contributed by atoms with Gasteiger partial charge in [-0.2, -0.15) is 0 Å². The molecule has 0 unspecified atom stereocenters. The molecule has 134 valence electrons. The molecule has 0 radical (unpaired) electrons. The van der Waals surface area contributed by atoms with Crippen molar-refractivity contribution in [2.45, 2.75) is 38.5 Å². The van der Waals surface area contributed by atoms with Crippen molar-refractivity contribution < 1.29 is 18.3 Å². The fraction of sp³-hybridized carbons (Fsp3) is 0.611. The molecule has 1 aliphatic heterocycles. The number of nitrogens with zero attached hydrogens (tertiary/aromatic N) is 1. The fourth-order valence-corrected chi connectivity index (χ4v) is 3.00. The summed E-state index contributed by atoms with van der Waals surface area (Å²) in [7, 11) is 1.32. The number of unbranched alkanes of at least 4 members (excludes halogenated alkanes) is 1. The molecule has 0 bridgehead atoms. The van der Waals surface area contributed by atoms with Crippen molar-refractivity contribution in [3.8, 4) is 5.75 Å². The number of hydrogen-bond acceptors (Lipinski definition) is 3. The van der Waals surface area contributed by atoms with Gasteiger partial charge in [-0.25, -0.2) is 8.78 Å². The van der Waals surface area contributed by atoms with Gasteiger partial charge in [-0.05, 0) is 45.3 Å². The van der Waals surface area contributed by atoms with Crippen LogP contribution >= 0.6 is 0 Å². The zero-order valence-corrected chi connectivity index (χ0v) is 14.2. The minimum Gasteiger partial charge on any atom is -0.497 e. The number of rotatable bonds is 7. The quantitative estimate of drug-likeness (QED) is 0.774. The Bertz CT molecular complexity index is 521. The molecule has 1 aliphatic rings. The van der Waals surface area contributed by atoms with Crippen molar-refractivity contribution in [2.24, 2.45) is 0 Å². The van der Waals surface area contributed by atoms with Gasteiger partial charge in [0.2, 0.25) is 0 Å². The summed E-state index contributed by atoms with van der Waals surface area (Å²) in [6.45, 7) is 3.72. The molecule has 24 heavy (non-hydrogen) atoms. The van der Waals surface area contributed by atoms with Crippen LogP contribution in [-0.4, -0.2) is 44.1 Å². The van der Waals surface area contributed by atoms with Gasteiger partial charge in [0.15, 0.2) is 0 Å². The topological polar surface area (TPSA) is 41.6 Å². The van der Waals surface area contributed by atoms with E-state index in [-0.39, 0.29) is 5.75 Å². The molecule has 2 rings (SSSR count). The third-order valence-electron chi connectivity index (χ3n) is 4.36. The van der Waals surface area contributed by atoms with Crippen LogP contribution in [0.15, 0.2) is 12.1 Å². The molecular formula is C18H26F2N2O2. The minimum atomic E-state index is -0.908. The fourth-order valence-electron chi connectivity index (χ4n) is 3.00. The van der Waals surface area contributed by atoms with Crippen LogP contribution in [0.25, 0.3) is 0 Å². The van der Waals surface area contributed by atoms with Crippen LogP contribution < -0.4 is 10.1 Å². The summed E-state index contributed by atoms with van der Waals surface area (Å²) in [6, 6.07) is 2.02. The number of hydrogen-bond donors (Lipinski definition) is 1. The van der Waals surface area contributed by atoms with E-state index in [9.17, 15) is 13.6 Å². The number of ether oxygens (including phenoxy) is 1. The molecule has 0 aromatic heterocycles. The predicted molar refractivity (Wildman–Crippen MR) is 89.4 cm³/mol. The summed E-state index contributed by atoms with van der Waals surface area (Å²) in [6.07, 6.45) is 6.89. The van der Waals surface area contributed by atoms with E-state index in [1.54, 1.807) is 0 Å². The maximum atomic E-state index is 13.8. The summed E-state index contributed by atoms with van der Waals surface area (Å²) >= 11 is 0. The summed E-state index contributed by atoms with van der Waals surface area (Å²) in [5.41, 5.74) is -0.552. The molecule has 1 N–H and O–H groups in total. The third-order valence-corrected chi connectivity index (χ3v) is 4.36. The van der Waals surface area contributed by atoms with E-state index in [1.165, 1.54) is 32.8 Å². The molecule has 0 aliphatic carbocycles. The van der Waals surface area contributed by atoms with Gasteiger partial charge in [-0.15, -0.1) is 0 Å². The highest BCUT2D eigenvalue weighted by atomic mass is 19.1. The first-order valence-corrected chi connectivity index (χ1v) is 8.65. The Morgan fingerprint density at radius 2 is 1.75 bits per heavy atom. The lowest BCUT2D eigenvalue weighted by Gasteiger charge is -2.19. The predicted octanol–water partition coefficient (Wildman–Crippen LogP) is 3.36. The molecule has 1 aromatic carbocycles. The van der Waals surface area contributed by atoms with Crippen molar-refractivity contribution in [3.05, 3.63) is 29.3 Å². The van der Waals surface area contributed by atoms with Crippen LogP contribution in [-0.2, 0) is 0 Å². The standard InChI is InChI=1S/C18H26F2N2O2/c1-24-14-12-15(19)17(16(20)13-14)18(23)21-8-4-7-11-22-9-5-2-3-6-10-22/h12-13H,2-11H2,1H3,(H,21,23). The third kappa shape index (κ3) is 5.44. The number of likely N-dealkylation sites (tertiary alicyclic amines) is 1. The maximum absolute atomic E-state index is 13.8. The lowest BCUT2D eigenvalue weighted by atomic mass is 10.1. The molecule has 1 saturated heterocycles. The van der Waals surface area contributed by atoms with E-state index >= 15 is 0 Å². The second-order valence-electron chi connectivity index (χ2n) is 6.18. The highest BCUT2D eigenvalue weighted by Crippen LogP contribution is 2.20. The number of halogens is 2. The molecule has 0 saturated carbocycles. The SMILES string of the molecule is COc1cc(F)c(C(=O)NCCCCN2CCCCCC2)c(F)c1. The lowest BCUT2D eigenvalue weighted by Crippen LogP contribution is -2.29. The Balaban J connectivity index is 1.73. The molecule has 0 spiro atoms. The Morgan fingerprint density at radius 1 is 1.12 bits per heavy atom. The maximum Gasteiger partial charge on any atom is 0.257 e. The van der Waals surface area contributed by atoms with Crippen LogP contribution in [0.3, 0.4) is 0 Å². The normalized spacial score (nSPS) is 15.8. The van der Waals surface area contributed by atoms with Crippen LogP contribution in [0.5, 0.6) is 5.75 Å². The molecule has 1 amide bonds. The summed E-state index contributed by atoms with van der Waals surface area (Å²) < 4.78 is 32.4. The molecule has 1 fully saturated rings. The molecule has 6 heteroatoms. The Hall–Kier alpha value is -1.69.